The number of anilines is 1. The van der Waals surface area contributed by atoms with Crippen LogP contribution in [0.3, 0.4) is 0 Å². The molecule has 0 aromatic carbocycles. The fourth-order valence-corrected chi connectivity index (χ4v) is 3.34. The van der Waals surface area contributed by atoms with Crippen LogP contribution in [-0.2, 0) is 16.1 Å². The molecular formula is C18H22ClN5O4. The Labute approximate surface area is 166 Å². The molecule has 28 heavy (non-hydrogen) atoms. The lowest BCUT2D eigenvalue weighted by Gasteiger charge is -2.34. The molecule has 2 aromatic rings. The minimum atomic E-state index is -0.679. The van der Waals surface area contributed by atoms with Gasteiger partial charge in [0, 0.05) is 57.9 Å². The average molecular weight is 408 g/mol. The van der Waals surface area contributed by atoms with Crippen molar-refractivity contribution >= 4 is 40.5 Å². The maximum absolute atomic E-state index is 12.7. The Balaban J connectivity index is 2.00. The van der Waals surface area contributed by atoms with Crippen molar-refractivity contribution in [2.24, 2.45) is 0 Å². The summed E-state index contributed by atoms with van der Waals surface area (Å²) in [6.45, 7) is 6.16. The zero-order chi connectivity index (χ0) is 20.3. The van der Waals surface area contributed by atoms with E-state index in [1.54, 1.807) is 23.3 Å². The number of hydrogen-bond acceptors (Lipinski definition) is 7. The van der Waals surface area contributed by atoms with Crippen LogP contribution in [0.15, 0.2) is 17.2 Å². The van der Waals surface area contributed by atoms with E-state index in [4.69, 9.17) is 16.3 Å². The fourth-order valence-electron chi connectivity index (χ4n) is 3.15. The van der Waals surface area contributed by atoms with Gasteiger partial charge in [0.15, 0.2) is 0 Å². The molecule has 1 aliphatic rings. The zero-order valence-electron chi connectivity index (χ0n) is 15.9. The quantitative estimate of drug-likeness (QED) is 0.536. The lowest BCUT2D eigenvalue weighted by Crippen LogP contribution is -2.48. The van der Waals surface area contributed by atoms with E-state index in [1.807, 2.05) is 4.90 Å². The number of alkyl halides is 1. The highest BCUT2D eigenvalue weighted by atomic mass is 35.5. The standard InChI is InChI=1S/C18H22ClN5O4/c1-3-28-17(27)14-11-24(5-4-19)16-13(15(14)26)10-20-18(21-16)23-8-6-22(7-9-23)12(2)25/h10-11H,3-9H2,1-2H3. The monoisotopic (exact) mass is 407 g/mol. The number of piperazine rings is 1. The lowest BCUT2D eigenvalue weighted by atomic mass is 10.2. The predicted molar refractivity (Wildman–Crippen MR) is 105 cm³/mol. The van der Waals surface area contributed by atoms with Crippen molar-refractivity contribution in [1.82, 2.24) is 19.4 Å². The number of rotatable bonds is 5. The summed E-state index contributed by atoms with van der Waals surface area (Å²) < 4.78 is 6.65. The Morgan fingerprint density at radius 2 is 1.96 bits per heavy atom. The summed E-state index contributed by atoms with van der Waals surface area (Å²) in [6, 6.07) is 0. The third-order valence-electron chi connectivity index (χ3n) is 4.63. The van der Waals surface area contributed by atoms with Crippen molar-refractivity contribution in [1.29, 1.82) is 0 Å². The Kier molecular flexibility index (Phi) is 6.13. The third-order valence-corrected chi connectivity index (χ3v) is 4.80. The van der Waals surface area contributed by atoms with Crippen molar-refractivity contribution in [3.8, 4) is 0 Å². The molecule has 1 amide bonds. The second-order valence-electron chi connectivity index (χ2n) is 6.38. The molecule has 10 heteroatoms. The summed E-state index contributed by atoms with van der Waals surface area (Å²) in [7, 11) is 0. The van der Waals surface area contributed by atoms with Crippen LogP contribution in [0.5, 0.6) is 0 Å². The molecule has 1 saturated heterocycles. The summed E-state index contributed by atoms with van der Waals surface area (Å²) in [5.41, 5.74) is -0.115. The first kappa shape index (κ1) is 20.1. The van der Waals surface area contributed by atoms with Crippen LogP contribution in [0.2, 0.25) is 0 Å². The van der Waals surface area contributed by atoms with E-state index in [-0.39, 0.29) is 29.3 Å². The Hall–Kier alpha value is -2.68. The Bertz CT molecular complexity index is 953. The van der Waals surface area contributed by atoms with E-state index in [0.717, 1.165) is 0 Å². The molecule has 1 aliphatic heterocycles. The molecule has 0 aliphatic carbocycles. The van der Waals surface area contributed by atoms with E-state index in [9.17, 15) is 14.4 Å². The molecule has 3 rings (SSSR count). The fraction of sp³-hybridized carbons (Fsp3) is 0.500. The summed E-state index contributed by atoms with van der Waals surface area (Å²) in [6.07, 6.45) is 2.88. The average Bonchev–Trinajstić information content (AvgIpc) is 2.70. The normalized spacial score (nSPS) is 14.4. The molecule has 0 N–H and O–H groups in total. The Morgan fingerprint density at radius 3 is 2.57 bits per heavy atom. The predicted octanol–water partition coefficient (Wildman–Crippen LogP) is 0.875. The first-order valence-corrected chi connectivity index (χ1v) is 9.63. The van der Waals surface area contributed by atoms with E-state index < -0.39 is 11.4 Å². The first-order chi connectivity index (χ1) is 13.5. The highest BCUT2D eigenvalue weighted by Gasteiger charge is 2.22. The number of ether oxygens (including phenoxy) is 1. The van der Waals surface area contributed by atoms with Gasteiger partial charge in [-0.05, 0) is 6.92 Å². The van der Waals surface area contributed by atoms with Gasteiger partial charge in [-0.25, -0.2) is 9.78 Å². The molecule has 0 saturated carbocycles. The smallest absolute Gasteiger partial charge is 0.343 e. The van der Waals surface area contributed by atoms with Gasteiger partial charge in [0.1, 0.15) is 11.2 Å². The van der Waals surface area contributed by atoms with E-state index >= 15 is 0 Å². The maximum Gasteiger partial charge on any atom is 0.343 e. The maximum atomic E-state index is 12.7. The van der Waals surface area contributed by atoms with Crippen LogP contribution in [-0.4, -0.2) is 70.0 Å². The van der Waals surface area contributed by atoms with E-state index in [2.05, 4.69) is 9.97 Å². The Morgan fingerprint density at radius 1 is 1.25 bits per heavy atom. The minimum Gasteiger partial charge on any atom is -0.462 e. The van der Waals surface area contributed by atoms with Crippen molar-refractivity contribution in [2.75, 3.05) is 43.6 Å². The number of esters is 1. The summed E-state index contributed by atoms with van der Waals surface area (Å²) in [5, 5.41) is 0.238. The van der Waals surface area contributed by atoms with Gasteiger partial charge in [0.2, 0.25) is 17.3 Å². The van der Waals surface area contributed by atoms with Crippen molar-refractivity contribution in [3.05, 3.63) is 28.2 Å². The van der Waals surface area contributed by atoms with Crippen molar-refractivity contribution in [2.45, 2.75) is 20.4 Å². The van der Waals surface area contributed by atoms with Gasteiger partial charge >= 0.3 is 5.97 Å². The van der Waals surface area contributed by atoms with Crippen LogP contribution in [0.25, 0.3) is 11.0 Å². The number of amides is 1. The highest BCUT2D eigenvalue weighted by Crippen LogP contribution is 2.16. The molecule has 150 valence electrons. The van der Waals surface area contributed by atoms with Gasteiger partial charge < -0.3 is 19.1 Å². The number of carbonyl (C=O) groups excluding carboxylic acids is 2. The number of halogens is 1. The number of pyridine rings is 1. The van der Waals surface area contributed by atoms with Gasteiger partial charge in [-0.3, -0.25) is 9.59 Å². The zero-order valence-corrected chi connectivity index (χ0v) is 16.6. The van der Waals surface area contributed by atoms with Gasteiger partial charge in [0.25, 0.3) is 0 Å². The molecule has 9 nitrogen and oxygen atoms in total. The topological polar surface area (TPSA) is 97.6 Å². The lowest BCUT2D eigenvalue weighted by molar-refractivity contribution is -0.129. The molecule has 0 bridgehead atoms. The summed E-state index contributed by atoms with van der Waals surface area (Å²) >= 11 is 5.90. The molecule has 0 atom stereocenters. The SMILES string of the molecule is CCOC(=O)c1cn(CCCl)c2nc(N3CCN(C(C)=O)CC3)ncc2c1=O. The van der Waals surface area contributed by atoms with Crippen LogP contribution in [0.4, 0.5) is 5.95 Å². The second-order valence-corrected chi connectivity index (χ2v) is 6.75. The molecule has 1 fully saturated rings. The summed E-state index contributed by atoms with van der Waals surface area (Å²) in [4.78, 5) is 48.9. The van der Waals surface area contributed by atoms with Crippen LogP contribution in [0.1, 0.15) is 24.2 Å². The molecular weight excluding hydrogens is 386 g/mol. The molecule has 0 radical (unpaired) electrons. The van der Waals surface area contributed by atoms with Gasteiger partial charge in [-0.15, -0.1) is 11.6 Å². The number of aromatic nitrogens is 3. The largest absolute Gasteiger partial charge is 0.462 e. The highest BCUT2D eigenvalue weighted by molar-refractivity contribution is 6.17. The second kappa shape index (κ2) is 8.55. The van der Waals surface area contributed by atoms with E-state index in [0.29, 0.717) is 44.3 Å². The molecule has 0 spiro atoms. The molecule has 3 heterocycles. The minimum absolute atomic E-state index is 0.0431. The van der Waals surface area contributed by atoms with Crippen LogP contribution >= 0.6 is 11.6 Å². The number of fused-ring (bicyclic) bond motifs is 1. The number of hydrogen-bond donors (Lipinski definition) is 0. The van der Waals surface area contributed by atoms with Gasteiger partial charge in [-0.2, -0.15) is 4.98 Å². The van der Waals surface area contributed by atoms with Crippen molar-refractivity contribution in [3.63, 3.8) is 0 Å². The van der Waals surface area contributed by atoms with Crippen molar-refractivity contribution < 1.29 is 14.3 Å². The first-order valence-electron chi connectivity index (χ1n) is 9.10. The number of aryl methyl sites for hydroxylation is 1. The van der Waals surface area contributed by atoms with Crippen LogP contribution < -0.4 is 10.3 Å². The van der Waals surface area contributed by atoms with Crippen LogP contribution in [0, 0.1) is 0 Å². The number of nitrogens with zero attached hydrogens (tertiary/aromatic N) is 5. The molecule has 2 aromatic heterocycles. The molecule has 0 unspecified atom stereocenters. The van der Waals surface area contributed by atoms with E-state index in [1.165, 1.54) is 12.4 Å². The van der Waals surface area contributed by atoms with Gasteiger partial charge in [-0.1, -0.05) is 0 Å². The summed E-state index contributed by atoms with van der Waals surface area (Å²) in [5.74, 6) is 0.127. The third kappa shape index (κ3) is 3.94. The van der Waals surface area contributed by atoms with Gasteiger partial charge in [0.05, 0.1) is 12.0 Å². The number of carbonyl (C=O) groups is 2.